The van der Waals surface area contributed by atoms with E-state index in [1.54, 1.807) is 0 Å². The molecule has 36 heavy (non-hydrogen) atoms. The minimum Gasteiger partial charge on any atom is -0.398 e. The van der Waals surface area contributed by atoms with Crippen LogP contribution < -0.4 is 10.0 Å². The molecule has 0 spiro atoms. The van der Waals surface area contributed by atoms with E-state index in [4.69, 9.17) is 10.5 Å². The van der Waals surface area contributed by atoms with Crippen LogP contribution in [-0.2, 0) is 4.74 Å². The maximum Gasteiger partial charge on any atom is 0.407 e. The highest BCUT2D eigenvalue weighted by atomic mass is 32.2. The fourth-order valence-corrected chi connectivity index (χ4v) is 4.02. The lowest BCUT2D eigenvalue weighted by Gasteiger charge is -2.24. The molecule has 0 amide bonds. The Kier molecular flexibility index (Phi) is 8.99. The van der Waals surface area contributed by atoms with Gasteiger partial charge < -0.3 is 10.5 Å². The van der Waals surface area contributed by atoms with Crippen molar-refractivity contribution >= 4 is 35.1 Å². The van der Waals surface area contributed by atoms with Crippen molar-refractivity contribution in [3.8, 4) is 0 Å². The normalized spacial score (nSPS) is 12.6. The lowest BCUT2D eigenvalue weighted by Crippen LogP contribution is -2.20. The summed E-state index contributed by atoms with van der Waals surface area (Å²) < 4.78 is 87.9. The summed E-state index contributed by atoms with van der Waals surface area (Å²) in [4.78, 5) is 7.17. The molecule has 0 aliphatic rings. The number of rotatable bonds is 9. The summed E-state index contributed by atoms with van der Waals surface area (Å²) in [5, 5.41) is 0. The number of anilines is 1. The number of nitrogens with zero attached hydrogens (tertiary/aromatic N) is 3. The van der Waals surface area contributed by atoms with E-state index in [0.29, 0.717) is 17.5 Å². The van der Waals surface area contributed by atoms with Crippen molar-refractivity contribution in [2.45, 2.75) is 11.1 Å². The average molecular weight is 527 g/mol. The zero-order valence-corrected chi connectivity index (χ0v) is 19.6. The second-order valence-electron chi connectivity index (χ2n) is 7.25. The van der Waals surface area contributed by atoms with E-state index in [0.717, 1.165) is 24.4 Å². The Hall–Kier alpha value is -3.51. The molecule has 1 aromatic heterocycles. The number of aliphatic imine (C=N–C) groups is 1. The van der Waals surface area contributed by atoms with Crippen LogP contribution in [0.3, 0.4) is 0 Å². The molecule has 0 unspecified atom stereocenters. The van der Waals surface area contributed by atoms with Crippen molar-refractivity contribution in [2.24, 2.45) is 10.7 Å². The van der Waals surface area contributed by atoms with Crippen LogP contribution in [-0.4, -0.2) is 37.8 Å². The van der Waals surface area contributed by atoms with Crippen LogP contribution >= 0.6 is 11.9 Å². The van der Waals surface area contributed by atoms with Crippen molar-refractivity contribution in [1.82, 2.24) is 4.98 Å². The van der Waals surface area contributed by atoms with Gasteiger partial charge in [-0.25, -0.2) is 13.2 Å². The zero-order chi connectivity index (χ0) is 26.3. The molecule has 0 aliphatic heterocycles. The van der Waals surface area contributed by atoms with Crippen LogP contribution in [0.15, 0.2) is 70.8 Å². The molecule has 0 fully saturated rings. The molecule has 1 heterocycles. The molecule has 0 saturated carbocycles. The van der Waals surface area contributed by atoms with E-state index < -0.39 is 30.2 Å². The number of aromatic nitrogens is 1. The molecule has 3 rings (SSSR count). The predicted octanol–water partition coefficient (Wildman–Crippen LogP) is 6.08. The van der Waals surface area contributed by atoms with Crippen molar-refractivity contribution in [3.05, 3.63) is 89.5 Å². The highest BCUT2D eigenvalue weighted by molar-refractivity contribution is 8.00. The first-order chi connectivity index (χ1) is 17.1. The lowest BCUT2D eigenvalue weighted by molar-refractivity contribution is -0.118. The van der Waals surface area contributed by atoms with Crippen LogP contribution in [0.4, 0.5) is 32.0 Å². The Labute approximate surface area is 207 Å². The first kappa shape index (κ1) is 27.1. The van der Waals surface area contributed by atoms with Gasteiger partial charge in [0.05, 0.1) is 16.3 Å². The van der Waals surface area contributed by atoms with Gasteiger partial charge in [-0.1, -0.05) is 6.07 Å². The van der Waals surface area contributed by atoms with E-state index in [1.807, 2.05) is 0 Å². The number of halogens is 6. The quantitative estimate of drug-likeness (QED) is 0.159. The summed E-state index contributed by atoms with van der Waals surface area (Å²) >= 11 is 0.700. The Morgan fingerprint density at radius 3 is 2.50 bits per heavy atom. The number of hydrogen-bond acceptors (Lipinski definition) is 6. The van der Waals surface area contributed by atoms with Gasteiger partial charge in [0.2, 0.25) is 0 Å². The van der Waals surface area contributed by atoms with Gasteiger partial charge in [0.1, 0.15) is 24.9 Å². The smallest absolute Gasteiger partial charge is 0.398 e. The van der Waals surface area contributed by atoms with E-state index in [2.05, 4.69) is 9.98 Å². The van der Waals surface area contributed by atoms with Crippen molar-refractivity contribution in [1.29, 1.82) is 0 Å². The van der Waals surface area contributed by atoms with E-state index in [9.17, 15) is 22.0 Å². The van der Waals surface area contributed by atoms with Gasteiger partial charge in [0.15, 0.2) is 5.82 Å². The van der Waals surface area contributed by atoms with Gasteiger partial charge >= 0.3 is 6.18 Å². The van der Waals surface area contributed by atoms with Gasteiger partial charge in [-0.05, 0) is 60.0 Å². The largest absolute Gasteiger partial charge is 0.407 e. The van der Waals surface area contributed by atoms with Crippen LogP contribution in [0.5, 0.6) is 0 Å². The molecule has 0 atom stereocenters. The molecule has 12 heteroatoms. The van der Waals surface area contributed by atoms with Crippen LogP contribution in [0.1, 0.15) is 11.1 Å². The van der Waals surface area contributed by atoms with Crippen LogP contribution in [0, 0.1) is 17.5 Å². The van der Waals surface area contributed by atoms with Gasteiger partial charge in [-0.2, -0.15) is 13.2 Å². The number of benzene rings is 2. The summed E-state index contributed by atoms with van der Waals surface area (Å²) in [5.74, 6) is -2.26. The average Bonchev–Trinajstić information content (AvgIpc) is 2.83. The molecule has 190 valence electrons. The SMILES string of the molecule is COCN(Sc1cc(F)ccc1F)c1cccc(C(N)=C(C=NCC(F)(F)F)c2ccncc2)c1F. The molecule has 0 saturated heterocycles. The number of allylic oxidation sites excluding steroid dienone is 1. The predicted molar refractivity (Wildman–Crippen MR) is 128 cm³/mol. The highest BCUT2D eigenvalue weighted by Gasteiger charge is 2.26. The Bertz CT molecular complexity index is 1250. The Morgan fingerprint density at radius 1 is 1.11 bits per heavy atom. The van der Waals surface area contributed by atoms with Gasteiger partial charge in [-0.3, -0.25) is 14.3 Å². The number of hydrogen-bond donors (Lipinski definition) is 1. The third kappa shape index (κ3) is 7.01. The lowest BCUT2D eigenvalue weighted by atomic mass is 10.0. The fraction of sp³-hybridized carbons (Fsp3) is 0.167. The maximum absolute atomic E-state index is 15.7. The summed E-state index contributed by atoms with van der Waals surface area (Å²) in [6.07, 6.45) is -0.813. The maximum atomic E-state index is 15.7. The molecule has 2 N–H and O–H groups in total. The summed E-state index contributed by atoms with van der Waals surface area (Å²) in [6, 6.07) is 10.0. The first-order valence-corrected chi connectivity index (χ1v) is 11.0. The third-order valence-electron chi connectivity index (χ3n) is 4.66. The molecule has 0 radical (unpaired) electrons. The molecule has 0 bridgehead atoms. The van der Waals surface area contributed by atoms with Gasteiger partial charge in [-0.15, -0.1) is 0 Å². The van der Waals surface area contributed by atoms with Gasteiger partial charge in [0.25, 0.3) is 0 Å². The standard InChI is InChI=1S/C24H20F6N4OS/c1-35-14-34(36-21-11-16(25)5-6-19(21)26)20-4-2-3-17(22(20)27)23(31)18(12-33-13-24(28,29)30)15-7-9-32-10-8-15/h2-12H,13-14,31H2,1H3. The molecule has 3 aromatic rings. The van der Waals surface area contributed by atoms with Crippen molar-refractivity contribution < 1.29 is 31.1 Å². The van der Waals surface area contributed by atoms with Gasteiger partial charge in [0, 0.05) is 36.9 Å². The highest BCUT2D eigenvalue weighted by Crippen LogP contribution is 2.35. The number of pyridine rings is 1. The van der Waals surface area contributed by atoms with Crippen LogP contribution in [0.2, 0.25) is 0 Å². The first-order valence-electron chi connectivity index (χ1n) is 10.3. The summed E-state index contributed by atoms with van der Waals surface area (Å²) in [6.45, 7) is -1.66. The minimum atomic E-state index is -4.54. The van der Waals surface area contributed by atoms with E-state index in [1.165, 1.54) is 54.1 Å². The zero-order valence-electron chi connectivity index (χ0n) is 18.8. The monoisotopic (exact) mass is 526 g/mol. The molecule has 0 aliphatic carbocycles. The fourth-order valence-electron chi connectivity index (χ4n) is 3.07. The van der Waals surface area contributed by atoms with E-state index in [-0.39, 0.29) is 34.1 Å². The summed E-state index contributed by atoms with van der Waals surface area (Å²) in [5.41, 5.74) is 6.24. The van der Waals surface area contributed by atoms with E-state index >= 15 is 4.39 Å². The van der Waals surface area contributed by atoms with Crippen molar-refractivity contribution in [3.63, 3.8) is 0 Å². The number of nitrogens with two attached hydrogens (primary N) is 1. The van der Waals surface area contributed by atoms with Crippen LogP contribution in [0.25, 0.3) is 11.3 Å². The molecular formula is C24H20F6N4OS. The minimum absolute atomic E-state index is 0.0415. The molecular weight excluding hydrogens is 506 g/mol. The molecule has 5 nitrogen and oxygen atoms in total. The molecule has 2 aromatic carbocycles. The number of methoxy groups -OCH3 is 1. The number of ether oxygens (including phenoxy) is 1. The number of alkyl halides is 3. The van der Waals surface area contributed by atoms with Crippen molar-refractivity contribution in [2.75, 3.05) is 24.7 Å². The Morgan fingerprint density at radius 2 is 1.83 bits per heavy atom. The summed E-state index contributed by atoms with van der Waals surface area (Å²) in [7, 11) is 1.34. The topological polar surface area (TPSA) is 63.7 Å². The Balaban J connectivity index is 2.08. The third-order valence-corrected chi connectivity index (χ3v) is 5.69. The second kappa shape index (κ2) is 12.0. The second-order valence-corrected chi connectivity index (χ2v) is 8.31.